The van der Waals surface area contributed by atoms with Gasteiger partial charge in [0.05, 0.1) is 0 Å². The van der Waals surface area contributed by atoms with Gasteiger partial charge in [-0.15, -0.1) is 0 Å². The Bertz CT molecular complexity index is 636. The van der Waals surface area contributed by atoms with Gasteiger partial charge >= 0.3 is 0 Å². The summed E-state index contributed by atoms with van der Waals surface area (Å²) in [6.07, 6.45) is 3.83. The molecule has 0 unspecified atom stereocenters. The van der Waals surface area contributed by atoms with Crippen molar-refractivity contribution in [2.24, 2.45) is 0 Å². The Morgan fingerprint density at radius 1 is 1.00 bits per heavy atom. The molecule has 1 aliphatic carbocycles. The van der Waals surface area contributed by atoms with Gasteiger partial charge in [-0.05, 0) is 66.6 Å². The minimum atomic E-state index is -0.0206. The molecule has 0 aliphatic heterocycles. The van der Waals surface area contributed by atoms with E-state index in [4.69, 9.17) is 23.2 Å². The predicted molar refractivity (Wildman–Crippen MR) is 88.3 cm³/mol. The van der Waals surface area contributed by atoms with Gasteiger partial charge in [0.15, 0.2) is 0 Å². The Morgan fingerprint density at radius 3 is 2.43 bits per heavy atom. The molecule has 1 nitrogen and oxygen atoms in total. The van der Waals surface area contributed by atoms with Crippen LogP contribution in [0.15, 0.2) is 42.5 Å². The summed E-state index contributed by atoms with van der Waals surface area (Å²) in [5.41, 5.74) is 3.94. The lowest BCUT2D eigenvalue weighted by atomic mass is 9.72. The van der Waals surface area contributed by atoms with E-state index in [-0.39, 0.29) is 12.0 Å². The van der Waals surface area contributed by atoms with Crippen LogP contribution in [0.25, 0.3) is 0 Å². The maximum absolute atomic E-state index is 9.28. The largest absolute Gasteiger partial charge is 0.396 e. The lowest BCUT2D eigenvalue weighted by Gasteiger charge is -2.31. The number of aliphatic hydroxyl groups is 1. The molecule has 1 aliphatic rings. The molecule has 0 amide bonds. The van der Waals surface area contributed by atoms with E-state index in [1.54, 1.807) is 0 Å². The number of hydrogen-bond acceptors (Lipinski definition) is 1. The van der Waals surface area contributed by atoms with Crippen molar-refractivity contribution >= 4 is 23.2 Å². The van der Waals surface area contributed by atoms with Crippen molar-refractivity contribution in [3.05, 3.63) is 69.2 Å². The molecule has 0 saturated heterocycles. The molecule has 3 heteroatoms. The summed E-state index contributed by atoms with van der Waals surface area (Å²) < 4.78 is 0. The first kappa shape index (κ1) is 14.9. The fourth-order valence-corrected chi connectivity index (χ4v) is 3.89. The molecule has 0 aromatic heterocycles. The Morgan fingerprint density at radius 2 is 1.71 bits per heavy atom. The lowest BCUT2D eigenvalue weighted by Crippen LogP contribution is -2.25. The molecule has 0 bridgehead atoms. The third kappa shape index (κ3) is 2.70. The van der Waals surface area contributed by atoms with Crippen LogP contribution >= 0.6 is 23.2 Å². The Kier molecular flexibility index (Phi) is 4.26. The number of hydrogen-bond donors (Lipinski definition) is 1. The number of rotatable bonds is 4. The van der Waals surface area contributed by atoms with E-state index in [2.05, 4.69) is 24.3 Å². The van der Waals surface area contributed by atoms with Crippen molar-refractivity contribution in [3.8, 4) is 0 Å². The summed E-state index contributed by atoms with van der Waals surface area (Å²) >= 11 is 12.2. The van der Waals surface area contributed by atoms with Crippen LogP contribution in [-0.2, 0) is 11.8 Å². The van der Waals surface area contributed by atoms with Crippen molar-refractivity contribution in [1.29, 1.82) is 0 Å². The van der Waals surface area contributed by atoms with Gasteiger partial charge in [-0.1, -0.05) is 41.4 Å². The molecule has 0 radical (unpaired) electrons. The SMILES string of the molecule is OCCC[C@]1(c2ccc(Cl)cc2)CCc2cc(Cl)ccc21. The number of aryl methyl sites for hydroxylation is 1. The molecule has 2 aromatic rings. The first-order valence-electron chi connectivity index (χ1n) is 7.31. The molecule has 0 spiro atoms. The monoisotopic (exact) mass is 320 g/mol. The first-order chi connectivity index (χ1) is 10.2. The molecule has 2 aromatic carbocycles. The van der Waals surface area contributed by atoms with Crippen LogP contribution in [0.1, 0.15) is 36.0 Å². The van der Waals surface area contributed by atoms with Gasteiger partial charge in [-0.25, -0.2) is 0 Å². The minimum Gasteiger partial charge on any atom is -0.396 e. The average molecular weight is 321 g/mol. The van der Waals surface area contributed by atoms with Crippen LogP contribution in [-0.4, -0.2) is 11.7 Å². The zero-order chi connectivity index (χ0) is 14.9. The van der Waals surface area contributed by atoms with Gasteiger partial charge in [0.25, 0.3) is 0 Å². The van der Waals surface area contributed by atoms with Crippen LogP contribution in [0.4, 0.5) is 0 Å². The van der Waals surface area contributed by atoms with Crippen molar-refractivity contribution in [2.75, 3.05) is 6.61 Å². The smallest absolute Gasteiger partial charge is 0.0431 e. The van der Waals surface area contributed by atoms with Gasteiger partial charge < -0.3 is 5.11 Å². The van der Waals surface area contributed by atoms with E-state index in [0.29, 0.717) is 0 Å². The summed E-state index contributed by atoms with van der Waals surface area (Å²) in [5.74, 6) is 0. The molecular formula is C18H18Cl2O. The van der Waals surface area contributed by atoms with Crippen LogP contribution < -0.4 is 0 Å². The standard InChI is InChI=1S/C18H18Cl2O/c19-15-4-2-14(3-5-15)18(9-1-11-21)10-8-13-12-16(20)6-7-17(13)18/h2-7,12,21H,1,8-11H2/t18-/m1/s1. The zero-order valence-corrected chi connectivity index (χ0v) is 13.3. The van der Waals surface area contributed by atoms with E-state index in [0.717, 1.165) is 35.7 Å². The summed E-state index contributed by atoms with van der Waals surface area (Å²) in [5, 5.41) is 10.8. The molecule has 3 rings (SSSR count). The Balaban J connectivity index is 2.10. The fourth-order valence-electron chi connectivity index (χ4n) is 3.57. The second kappa shape index (κ2) is 6.00. The second-order valence-corrected chi connectivity index (χ2v) is 6.59. The van der Waals surface area contributed by atoms with E-state index >= 15 is 0 Å². The highest BCUT2D eigenvalue weighted by Gasteiger charge is 2.39. The minimum absolute atomic E-state index is 0.0206. The second-order valence-electron chi connectivity index (χ2n) is 5.72. The van der Waals surface area contributed by atoms with Crippen molar-refractivity contribution in [2.45, 2.75) is 31.1 Å². The molecule has 0 saturated carbocycles. The van der Waals surface area contributed by atoms with Crippen LogP contribution in [0.5, 0.6) is 0 Å². The lowest BCUT2D eigenvalue weighted by molar-refractivity contribution is 0.268. The Hall–Kier alpha value is -1.02. The molecule has 1 N–H and O–H groups in total. The van der Waals surface area contributed by atoms with Crippen molar-refractivity contribution < 1.29 is 5.11 Å². The van der Waals surface area contributed by atoms with Crippen LogP contribution in [0.3, 0.4) is 0 Å². The number of halogens is 2. The van der Waals surface area contributed by atoms with Crippen molar-refractivity contribution in [3.63, 3.8) is 0 Å². The van der Waals surface area contributed by atoms with E-state index < -0.39 is 0 Å². The van der Waals surface area contributed by atoms with Gasteiger partial charge in [-0.2, -0.15) is 0 Å². The normalized spacial score (nSPS) is 20.5. The van der Waals surface area contributed by atoms with E-state index in [1.165, 1.54) is 16.7 Å². The van der Waals surface area contributed by atoms with Crippen LogP contribution in [0, 0.1) is 0 Å². The third-order valence-corrected chi connectivity index (χ3v) is 5.05. The highest BCUT2D eigenvalue weighted by molar-refractivity contribution is 6.30. The number of aliphatic hydroxyl groups excluding tert-OH is 1. The van der Waals surface area contributed by atoms with E-state index in [1.807, 2.05) is 18.2 Å². The molecule has 0 fully saturated rings. The number of fused-ring (bicyclic) bond motifs is 1. The molecule has 1 atom stereocenters. The highest BCUT2D eigenvalue weighted by Crippen LogP contribution is 2.48. The number of benzene rings is 2. The molecule has 110 valence electrons. The van der Waals surface area contributed by atoms with Crippen molar-refractivity contribution in [1.82, 2.24) is 0 Å². The highest BCUT2D eigenvalue weighted by atomic mass is 35.5. The molecule has 21 heavy (non-hydrogen) atoms. The van der Waals surface area contributed by atoms with Crippen LogP contribution in [0.2, 0.25) is 10.0 Å². The quantitative estimate of drug-likeness (QED) is 0.840. The van der Waals surface area contributed by atoms with Gasteiger partial charge in [0.1, 0.15) is 0 Å². The summed E-state index contributed by atoms with van der Waals surface area (Å²) in [6, 6.07) is 14.3. The predicted octanol–water partition coefficient (Wildman–Crippen LogP) is 5.00. The fraction of sp³-hybridized carbons (Fsp3) is 0.333. The average Bonchev–Trinajstić information content (AvgIpc) is 2.85. The Labute approximate surface area is 135 Å². The third-order valence-electron chi connectivity index (χ3n) is 4.56. The summed E-state index contributed by atoms with van der Waals surface area (Å²) in [6.45, 7) is 0.220. The van der Waals surface area contributed by atoms with Gasteiger partial charge in [-0.3, -0.25) is 0 Å². The summed E-state index contributed by atoms with van der Waals surface area (Å²) in [7, 11) is 0. The maximum atomic E-state index is 9.28. The summed E-state index contributed by atoms with van der Waals surface area (Å²) in [4.78, 5) is 0. The zero-order valence-electron chi connectivity index (χ0n) is 11.8. The van der Waals surface area contributed by atoms with E-state index in [9.17, 15) is 5.11 Å². The van der Waals surface area contributed by atoms with Gasteiger partial charge in [0.2, 0.25) is 0 Å². The van der Waals surface area contributed by atoms with Gasteiger partial charge in [0, 0.05) is 22.1 Å². The first-order valence-corrected chi connectivity index (χ1v) is 8.07. The topological polar surface area (TPSA) is 20.2 Å². The molecule has 0 heterocycles. The molecular weight excluding hydrogens is 303 g/mol. The maximum Gasteiger partial charge on any atom is 0.0431 e.